The highest BCUT2D eigenvalue weighted by Gasteiger charge is 2.18. The minimum absolute atomic E-state index is 0.0471. The molecule has 6 nitrogen and oxygen atoms in total. The highest BCUT2D eigenvalue weighted by atomic mass is 16.3. The van der Waals surface area contributed by atoms with Crippen molar-refractivity contribution >= 4 is 5.91 Å². The molecule has 3 N–H and O–H groups in total. The van der Waals surface area contributed by atoms with Gasteiger partial charge in [-0.15, -0.1) is 5.10 Å². The lowest BCUT2D eigenvalue weighted by Crippen LogP contribution is -2.17. The zero-order chi connectivity index (χ0) is 10.7. The van der Waals surface area contributed by atoms with Gasteiger partial charge in [0.25, 0.3) is 5.91 Å². The Labute approximate surface area is 81.7 Å². The molecule has 0 aliphatic carbocycles. The van der Waals surface area contributed by atoms with Gasteiger partial charge in [-0.05, 0) is 13.3 Å². The molecular weight excluding hydrogens is 184 g/mol. The normalized spacial score (nSPS) is 12.8. The number of hydrogen-bond donors (Lipinski definition) is 2. The predicted octanol–water partition coefficient (Wildman–Crippen LogP) is -0.507. The molecule has 0 saturated carbocycles. The Morgan fingerprint density at radius 2 is 2.36 bits per heavy atom. The van der Waals surface area contributed by atoms with Gasteiger partial charge < -0.3 is 10.8 Å². The molecule has 1 atom stereocenters. The molecule has 0 aliphatic rings. The lowest BCUT2D eigenvalue weighted by atomic mass is 10.2. The lowest BCUT2D eigenvalue weighted by Gasteiger charge is -2.10. The van der Waals surface area contributed by atoms with Crippen LogP contribution >= 0.6 is 0 Å². The van der Waals surface area contributed by atoms with E-state index in [4.69, 9.17) is 10.8 Å². The number of aliphatic hydroxyl groups is 1. The molecule has 78 valence electrons. The smallest absolute Gasteiger partial charge is 0.271 e. The molecule has 0 bridgehead atoms. The minimum Gasteiger partial charge on any atom is -0.394 e. The first kappa shape index (κ1) is 10.6. The highest BCUT2D eigenvalue weighted by Crippen LogP contribution is 2.11. The van der Waals surface area contributed by atoms with E-state index < -0.39 is 5.91 Å². The topological polar surface area (TPSA) is 94.0 Å². The number of nitrogens with two attached hydrogens (primary N) is 1. The lowest BCUT2D eigenvalue weighted by molar-refractivity contribution is 0.0994. The molecule has 0 saturated heterocycles. The summed E-state index contributed by atoms with van der Waals surface area (Å²) in [4.78, 5) is 10.9. The second-order valence-corrected chi connectivity index (χ2v) is 3.08. The van der Waals surface area contributed by atoms with Gasteiger partial charge in [-0.25, -0.2) is 4.68 Å². The maximum atomic E-state index is 10.9. The Kier molecular flexibility index (Phi) is 3.19. The molecule has 1 aromatic rings. The van der Waals surface area contributed by atoms with E-state index in [9.17, 15) is 4.79 Å². The van der Waals surface area contributed by atoms with Gasteiger partial charge in [0.2, 0.25) is 0 Å². The number of aromatic nitrogens is 3. The summed E-state index contributed by atoms with van der Waals surface area (Å²) in [6, 6.07) is -0.189. The third-order valence-electron chi connectivity index (χ3n) is 2.04. The number of primary amides is 1. The standard InChI is InChI=1S/C8H14N4O2/c1-3-6-7(8(9)14)10-11-12(6)5(2)4-13/h5,13H,3-4H2,1-2H3,(H2,9,14). The van der Waals surface area contributed by atoms with Gasteiger partial charge >= 0.3 is 0 Å². The molecule has 0 aliphatic heterocycles. The van der Waals surface area contributed by atoms with Crippen molar-refractivity contribution in [3.63, 3.8) is 0 Å². The zero-order valence-corrected chi connectivity index (χ0v) is 8.27. The fraction of sp³-hybridized carbons (Fsp3) is 0.625. The third-order valence-corrected chi connectivity index (χ3v) is 2.04. The number of rotatable bonds is 4. The first-order chi connectivity index (χ1) is 6.61. The van der Waals surface area contributed by atoms with E-state index in [1.54, 1.807) is 6.92 Å². The van der Waals surface area contributed by atoms with Crippen LogP contribution in [0.5, 0.6) is 0 Å². The van der Waals surface area contributed by atoms with Crippen LogP contribution in [-0.2, 0) is 6.42 Å². The monoisotopic (exact) mass is 198 g/mol. The average molecular weight is 198 g/mol. The van der Waals surface area contributed by atoms with Gasteiger partial charge in [-0.1, -0.05) is 12.1 Å². The van der Waals surface area contributed by atoms with E-state index in [1.807, 2.05) is 6.92 Å². The predicted molar refractivity (Wildman–Crippen MR) is 49.7 cm³/mol. The number of nitrogens with zero attached hydrogens (tertiary/aromatic N) is 3. The second kappa shape index (κ2) is 4.19. The van der Waals surface area contributed by atoms with E-state index in [-0.39, 0.29) is 18.3 Å². The zero-order valence-electron chi connectivity index (χ0n) is 8.27. The SMILES string of the molecule is CCc1c(C(N)=O)nnn1C(C)CO. The van der Waals surface area contributed by atoms with Crippen LogP contribution in [0.2, 0.25) is 0 Å². The van der Waals surface area contributed by atoms with Crippen LogP contribution < -0.4 is 5.73 Å². The van der Waals surface area contributed by atoms with Crippen LogP contribution in [0.1, 0.15) is 36.1 Å². The number of carbonyl (C=O) groups is 1. The average Bonchev–Trinajstić information content (AvgIpc) is 2.59. The molecule has 0 radical (unpaired) electrons. The van der Waals surface area contributed by atoms with E-state index in [1.165, 1.54) is 4.68 Å². The third kappa shape index (κ3) is 1.74. The van der Waals surface area contributed by atoms with Crippen molar-refractivity contribution in [2.75, 3.05) is 6.61 Å². The van der Waals surface area contributed by atoms with E-state index in [0.717, 1.165) is 0 Å². The van der Waals surface area contributed by atoms with Gasteiger partial charge in [-0.2, -0.15) is 0 Å². The molecule has 1 heterocycles. The van der Waals surface area contributed by atoms with Crippen LogP contribution in [0, 0.1) is 0 Å². The van der Waals surface area contributed by atoms with Crippen LogP contribution in [0.15, 0.2) is 0 Å². The van der Waals surface area contributed by atoms with Crippen LogP contribution in [0.25, 0.3) is 0 Å². The van der Waals surface area contributed by atoms with Crippen molar-refractivity contribution in [2.24, 2.45) is 5.73 Å². The van der Waals surface area contributed by atoms with Crippen LogP contribution in [-0.4, -0.2) is 32.6 Å². The molecular formula is C8H14N4O2. The molecule has 0 aromatic carbocycles. The first-order valence-electron chi connectivity index (χ1n) is 4.46. The summed E-state index contributed by atoms with van der Waals surface area (Å²) >= 11 is 0. The maximum absolute atomic E-state index is 10.9. The Bertz CT molecular complexity index is 334. The van der Waals surface area contributed by atoms with Crippen molar-refractivity contribution in [2.45, 2.75) is 26.3 Å². The maximum Gasteiger partial charge on any atom is 0.271 e. The summed E-state index contributed by atoms with van der Waals surface area (Å²) in [6.45, 7) is 3.62. The number of carbonyl (C=O) groups excluding carboxylic acids is 1. The number of hydrogen-bond acceptors (Lipinski definition) is 4. The summed E-state index contributed by atoms with van der Waals surface area (Å²) in [5.41, 5.74) is 5.98. The molecule has 1 amide bonds. The summed E-state index contributed by atoms with van der Waals surface area (Å²) in [5.74, 6) is -0.585. The minimum atomic E-state index is -0.585. The molecule has 6 heteroatoms. The van der Waals surface area contributed by atoms with Crippen molar-refractivity contribution in [1.29, 1.82) is 0 Å². The van der Waals surface area contributed by atoms with E-state index >= 15 is 0 Å². The Morgan fingerprint density at radius 1 is 1.71 bits per heavy atom. The van der Waals surface area contributed by atoms with Gasteiger partial charge in [0.15, 0.2) is 5.69 Å². The summed E-state index contributed by atoms with van der Waals surface area (Å²) < 4.78 is 1.53. The first-order valence-corrected chi connectivity index (χ1v) is 4.46. The van der Waals surface area contributed by atoms with Gasteiger partial charge in [0.05, 0.1) is 18.3 Å². The second-order valence-electron chi connectivity index (χ2n) is 3.08. The number of amides is 1. The molecule has 14 heavy (non-hydrogen) atoms. The Hall–Kier alpha value is -1.43. The molecule has 0 spiro atoms. The fourth-order valence-corrected chi connectivity index (χ4v) is 1.27. The van der Waals surface area contributed by atoms with Gasteiger partial charge in [0.1, 0.15) is 0 Å². The van der Waals surface area contributed by atoms with Crippen LogP contribution in [0.4, 0.5) is 0 Å². The molecule has 1 aromatic heterocycles. The molecule has 1 rings (SSSR count). The number of aliphatic hydroxyl groups excluding tert-OH is 1. The molecule has 1 unspecified atom stereocenters. The molecule has 0 fully saturated rings. The Balaban J connectivity index is 3.13. The van der Waals surface area contributed by atoms with E-state index in [0.29, 0.717) is 12.1 Å². The van der Waals surface area contributed by atoms with Crippen molar-refractivity contribution < 1.29 is 9.90 Å². The summed E-state index contributed by atoms with van der Waals surface area (Å²) in [6.07, 6.45) is 0.607. The highest BCUT2D eigenvalue weighted by molar-refractivity contribution is 5.91. The van der Waals surface area contributed by atoms with Gasteiger partial charge in [-0.3, -0.25) is 4.79 Å². The van der Waals surface area contributed by atoms with Crippen LogP contribution in [0.3, 0.4) is 0 Å². The quantitative estimate of drug-likeness (QED) is 0.681. The Morgan fingerprint density at radius 3 is 2.79 bits per heavy atom. The van der Waals surface area contributed by atoms with Crippen molar-refractivity contribution in [1.82, 2.24) is 15.0 Å². The largest absolute Gasteiger partial charge is 0.394 e. The van der Waals surface area contributed by atoms with Crippen molar-refractivity contribution in [3.8, 4) is 0 Å². The van der Waals surface area contributed by atoms with Crippen molar-refractivity contribution in [3.05, 3.63) is 11.4 Å². The van der Waals surface area contributed by atoms with E-state index in [2.05, 4.69) is 10.3 Å². The summed E-state index contributed by atoms with van der Waals surface area (Å²) in [7, 11) is 0. The van der Waals surface area contributed by atoms with Gasteiger partial charge in [0, 0.05) is 0 Å². The summed E-state index contributed by atoms with van der Waals surface area (Å²) in [5, 5.41) is 16.4. The fourth-order valence-electron chi connectivity index (χ4n) is 1.27.